The van der Waals surface area contributed by atoms with Gasteiger partial charge in [-0.05, 0) is 117 Å². The summed E-state index contributed by atoms with van der Waals surface area (Å²) in [4.78, 5) is 27.6. The molecular formula is C71H66N6O. The third-order valence-corrected chi connectivity index (χ3v) is 15.3. The number of rotatable bonds is 7. The fourth-order valence-corrected chi connectivity index (χ4v) is 10.6. The van der Waals surface area contributed by atoms with Gasteiger partial charge in [0.2, 0.25) is 0 Å². The average molecular weight is 1020 g/mol. The van der Waals surface area contributed by atoms with Gasteiger partial charge < -0.3 is 8.98 Å². The Morgan fingerprint density at radius 2 is 0.795 bits per heavy atom. The summed E-state index contributed by atoms with van der Waals surface area (Å²) in [6.07, 6.45) is 0. The van der Waals surface area contributed by atoms with E-state index in [9.17, 15) is 0 Å². The minimum Gasteiger partial charge on any atom is -0.455 e. The standard InChI is InChI=1S/C71H66N6O/c1-68(2,3)48-35-46(36-49(40-48)69(4,5)6)65-74-66(47-37-50(70(7,8)9)41-51(38-47)71(10,11)12)76-67(75-65)55-39-45(64-72-56(43-23-15-13-16-24-43)42-57(73-64)44-25-17-14-18-26-44)31-33-59(55)77-58-29-21-19-28-54(58)62-60(77)34-32-53-52-27-20-22-30-61(52)78-63(53)62/h13-42H,1-12H3. The first kappa shape index (κ1) is 50.3. The minimum absolute atomic E-state index is 0.145. The monoisotopic (exact) mass is 1020 g/mol. The third-order valence-electron chi connectivity index (χ3n) is 15.3. The summed E-state index contributed by atoms with van der Waals surface area (Å²) in [5.41, 5.74) is 16.1. The number of hydrogen-bond acceptors (Lipinski definition) is 6. The number of benzene rings is 8. The molecule has 0 amide bonds. The van der Waals surface area contributed by atoms with Gasteiger partial charge in [-0.25, -0.2) is 24.9 Å². The van der Waals surface area contributed by atoms with Gasteiger partial charge in [0, 0.05) is 49.5 Å². The van der Waals surface area contributed by atoms with E-state index in [1.54, 1.807) is 0 Å². The molecule has 4 heterocycles. The lowest BCUT2D eigenvalue weighted by molar-refractivity contribution is 0.568. The van der Waals surface area contributed by atoms with Crippen molar-refractivity contribution < 1.29 is 4.42 Å². The molecule has 0 aliphatic carbocycles. The molecule has 12 aromatic rings. The fraction of sp³-hybridized carbons (Fsp3) is 0.225. The van der Waals surface area contributed by atoms with E-state index in [4.69, 9.17) is 29.3 Å². The molecule has 0 unspecified atom stereocenters. The van der Waals surface area contributed by atoms with E-state index in [0.29, 0.717) is 23.3 Å². The first-order chi connectivity index (χ1) is 37.2. The molecule has 0 N–H and O–H groups in total. The first-order valence-corrected chi connectivity index (χ1v) is 27.2. The van der Waals surface area contributed by atoms with Crippen molar-refractivity contribution in [1.29, 1.82) is 0 Å². The van der Waals surface area contributed by atoms with E-state index in [2.05, 4.69) is 251 Å². The van der Waals surface area contributed by atoms with Crippen LogP contribution in [0.1, 0.15) is 105 Å². The maximum atomic E-state index is 6.81. The number of aromatic nitrogens is 6. The van der Waals surface area contributed by atoms with E-state index in [1.807, 2.05) is 18.2 Å². The van der Waals surface area contributed by atoms with Gasteiger partial charge in [0.15, 0.2) is 23.3 Å². The van der Waals surface area contributed by atoms with Gasteiger partial charge in [0.05, 0.1) is 33.5 Å². The van der Waals surface area contributed by atoms with Gasteiger partial charge in [-0.3, -0.25) is 0 Å². The maximum absolute atomic E-state index is 6.81. The Morgan fingerprint density at radius 1 is 0.333 bits per heavy atom. The summed E-state index contributed by atoms with van der Waals surface area (Å²) < 4.78 is 9.16. The topological polar surface area (TPSA) is 82.5 Å². The van der Waals surface area contributed by atoms with Crippen molar-refractivity contribution in [3.63, 3.8) is 0 Å². The molecule has 7 nitrogen and oxygen atoms in total. The number of furan rings is 1. The largest absolute Gasteiger partial charge is 0.455 e. The van der Waals surface area contributed by atoms with Crippen LogP contribution < -0.4 is 0 Å². The van der Waals surface area contributed by atoms with Crippen LogP contribution in [0.5, 0.6) is 0 Å². The van der Waals surface area contributed by atoms with Crippen LogP contribution >= 0.6 is 0 Å². The summed E-state index contributed by atoms with van der Waals surface area (Å²) in [7, 11) is 0. The average Bonchev–Trinajstić information content (AvgIpc) is 4.17. The normalized spacial score (nSPS) is 12.6. The molecule has 7 heteroatoms. The van der Waals surface area contributed by atoms with Crippen LogP contribution in [0.25, 0.3) is 117 Å². The molecule has 0 fully saturated rings. The number of nitrogens with zero attached hydrogens (tertiary/aromatic N) is 6. The quantitative estimate of drug-likeness (QED) is 0.158. The van der Waals surface area contributed by atoms with Gasteiger partial charge in [-0.15, -0.1) is 0 Å². The molecule has 386 valence electrons. The molecule has 0 spiro atoms. The smallest absolute Gasteiger partial charge is 0.166 e. The van der Waals surface area contributed by atoms with Crippen LogP contribution in [0.4, 0.5) is 0 Å². The van der Waals surface area contributed by atoms with Crippen molar-refractivity contribution in [3.05, 3.63) is 204 Å². The number of fused-ring (bicyclic) bond motifs is 7. The van der Waals surface area contributed by atoms with Gasteiger partial charge in [0.25, 0.3) is 0 Å². The van der Waals surface area contributed by atoms with Gasteiger partial charge in [-0.2, -0.15) is 0 Å². The van der Waals surface area contributed by atoms with Crippen molar-refractivity contribution in [2.24, 2.45) is 0 Å². The molecule has 0 radical (unpaired) electrons. The molecular weight excluding hydrogens is 953 g/mol. The Kier molecular flexibility index (Phi) is 12.0. The van der Waals surface area contributed by atoms with E-state index < -0.39 is 0 Å². The van der Waals surface area contributed by atoms with Crippen LogP contribution in [0, 0.1) is 0 Å². The van der Waals surface area contributed by atoms with E-state index in [1.165, 1.54) is 22.3 Å². The lowest BCUT2D eigenvalue weighted by Gasteiger charge is -2.26. The minimum atomic E-state index is -0.145. The maximum Gasteiger partial charge on any atom is 0.166 e. The second-order valence-corrected chi connectivity index (χ2v) is 25.1. The summed E-state index contributed by atoms with van der Waals surface area (Å²) in [6.45, 7) is 27.3. The number of para-hydroxylation sites is 2. The predicted octanol–water partition coefficient (Wildman–Crippen LogP) is 18.9. The summed E-state index contributed by atoms with van der Waals surface area (Å²) in [5, 5.41) is 4.29. The highest BCUT2D eigenvalue weighted by Crippen LogP contribution is 2.44. The molecule has 4 aromatic heterocycles. The van der Waals surface area contributed by atoms with Gasteiger partial charge in [0.1, 0.15) is 11.2 Å². The van der Waals surface area contributed by atoms with Crippen LogP contribution in [0.15, 0.2) is 186 Å². The summed E-state index contributed by atoms with van der Waals surface area (Å²) in [5.74, 6) is 2.31. The number of hydrogen-bond donors (Lipinski definition) is 0. The summed E-state index contributed by atoms with van der Waals surface area (Å²) >= 11 is 0. The zero-order chi connectivity index (χ0) is 54.5. The van der Waals surface area contributed by atoms with E-state index in [0.717, 1.165) is 94.2 Å². The summed E-state index contributed by atoms with van der Waals surface area (Å²) in [6, 6.07) is 64.5. The Hall–Kier alpha value is -8.55. The molecule has 0 atom stereocenters. The van der Waals surface area contributed by atoms with Crippen molar-refractivity contribution in [1.82, 2.24) is 29.5 Å². The zero-order valence-electron chi connectivity index (χ0n) is 46.9. The van der Waals surface area contributed by atoms with Crippen molar-refractivity contribution in [2.75, 3.05) is 0 Å². The Morgan fingerprint density at radius 3 is 1.32 bits per heavy atom. The first-order valence-electron chi connectivity index (χ1n) is 27.2. The second-order valence-electron chi connectivity index (χ2n) is 25.1. The van der Waals surface area contributed by atoms with Gasteiger partial charge in [-0.1, -0.05) is 192 Å². The van der Waals surface area contributed by atoms with Crippen LogP contribution in [0.2, 0.25) is 0 Å². The molecule has 0 saturated heterocycles. The highest BCUT2D eigenvalue weighted by atomic mass is 16.3. The fourth-order valence-electron chi connectivity index (χ4n) is 10.6. The highest BCUT2D eigenvalue weighted by molar-refractivity contribution is 6.24. The highest BCUT2D eigenvalue weighted by Gasteiger charge is 2.28. The van der Waals surface area contributed by atoms with Crippen molar-refractivity contribution in [2.45, 2.75) is 105 Å². The van der Waals surface area contributed by atoms with Crippen molar-refractivity contribution in [3.8, 4) is 73.8 Å². The zero-order valence-corrected chi connectivity index (χ0v) is 46.9. The van der Waals surface area contributed by atoms with E-state index >= 15 is 0 Å². The molecule has 8 aromatic carbocycles. The third kappa shape index (κ3) is 9.25. The second kappa shape index (κ2) is 18.6. The Labute approximate surface area is 458 Å². The van der Waals surface area contributed by atoms with E-state index in [-0.39, 0.29) is 21.7 Å². The Balaban J connectivity index is 1.20. The molecule has 12 rings (SSSR count). The van der Waals surface area contributed by atoms with Gasteiger partial charge >= 0.3 is 0 Å². The van der Waals surface area contributed by atoms with Crippen LogP contribution in [-0.2, 0) is 21.7 Å². The lowest BCUT2D eigenvalue weighted by atomic mass is 9.79. The molecule has 0 saturated carbocycles. The molecule has 0 aliphatic heterocycles. The predicted molar refractivity (Wildman–Crippen MR) is 324 cm³/mol. The Bertz CT molecular complexity index is 4070. The molecule has 0 aliphatic rings. The van der Waals surface area contributed by atoms with Crippen LogP contribution in [0.3, 0.4) is 0 Å². The molecule has 0 bridgehead atoms. The SMILES string of the molecule is CC(C)(C)c1cc(-c2nc(-c3cc(C(C)(C)C)cc(C(C)(C)C)c3)nc(-c3cc(-c4nc(-c5ccccc5)cc(-c5ccccc5)n4)ccc3-n3c4ccccc4c4c5oc6ccccc6c5ccc43)n2)cc(C(C)(C)C)c1. The molecule has 78 heavy (non-hydrogen) atoms. The lowest BCUT2D eigenvalue weighted by Crippen LogP contribution is -2.17. The van der Waals surface area contributed by atoms with Crippen molar-refractivity contribution >= 4 is 43.7 Å². The van der Waals surface area contributed by atoms with Crippen LogP contribution in [-0.4, -0.2) is 29.5 Å².